The molecule has 0 fully saturated rings. The average Bonchev–Trinajstić information content (AvgIpc) is 2.57. The number of aromatic amines is 1. The quantitative estimate of drug-likeness (QED) is 0.770. The Labute approximate surface area is 82.8 Å². The molecule has 2 rings (SSSR count). The molecule has 14 heavy (non-hydrogen) atoms. The van der Waals surface area contributed by atoms with Gasteiger partial charge in [0.15, 0.2) is 5.65 Å². The van der Waals surface area contributed by atoms with Crippen LogP contribution in [0.15, 0.2) is 18.3 Å². The molecule has 2 N–H and O–H groups in total. The lowest BCUT2D eigenvalue weighted by Crippen LogP contribution is -2.22. The fraction of sp³-hybridized carbons (Fsp3) is 0.400. The van der Waals surface area contributed by atoms with E-state index in [9.17, 15) is 0 Å². The van der Waals surface area contributed by atoms with Gasteiger partial charge in [-0.15, -0.1) is 0 Å². The highest BCUT2D eigenvalue weighted by atomic mass is 15.0. The Morgan fingerprint density at radius 3 is 3.07 bits per heavy atom. The van der Waals surface area contributed by atoms with Gasteiger partial charge in [0.05, 0.1) is 12.1 Å². The van der Waals surface area contributed by atoms with Gasteiger partial charge in [-0.2, -0.15) is 0 Å². The first-order valence-corrected chi connectivity index (χ1v) is 4.78. The lowest BCUT2D eigenvalue weighted by atomic mass is 10.4. The molecule has 0 aliphatic rings. The van der Waals surface area contributed by atoms with Crippen LogP contribution in [0.5, 0.6) is 0 Å². The Morgan fingerprint density at radius 2 is 2.36 bits per heavy atom. The zero-order chi connectivity index (χ0) is 9.97. The number of H-pyrrole nitrogens is 1. The van der Waals surface area contributed by atoms with Crippen LogP contribution in [0.4, 0.5) is 0 Å². The second kappa shape index (κ2) is 3.75. The summed E-state index contributed by atoms with van der Waals surface area (Å²) in [6.07, 6.45) is 1.75. The second-order valence-corrected chi connectivity index (χ2v) is 3.59. The topological polar surface area (TPSA) is 53.6 Å². The van der Waals surface area contributed by atoms with Crippen LogP contribution in [0, 0.1) is 0 Å². The highest BCUT2D eigenvalue weighted by molar-refractivity contribution is 5.69. The van der Waals surface area contributed by atoms with Crippen molar-refractivity contribution in [3.8, 4) is 0 Å². The minimum atomic E-state index is 0.469. The molecule has 0 unspecified atom stereocenters. The van der Waals surface area contributed by atoms with Crippen molar-refractivity contribution >= 4 is 11.2 Å². The van der Waals surface area contributed by atoms with Crippen molar-refractivity contribution in [1.82, 2.24) is 20.3 Å². The van der Waals surface area contributed by atoms with Gasteiger partial charge in [0.1, 0.15) is 5.82 Å². The SMILES string of the molecule is CC(C)NCc1nc2ncccc2[nH]1. The first-order chi connectivity index (χ1) is 6.75. The van der Waals surface area contributed by atoms with Crippen LogP contribution >= 0.6 is 0 Å². The van der Waals surface area contributed by atoms with E-state index in [0.717, 1.165) is 23.5 Å². The van der Waals surface area contributed by atoms with Crippen molar-refractivity contribution in [3.63, 3.8) is 0 Å². The minimum absolute atomic E-state index is 0.469. The maximum absolute atomic E-state index is 4.36. The summed E-state index contributed by atoms with van der Waals surface area (Å²) >= 11 is 0. The number of hydrogen-bond donors (Lipinski definition) is 2. The monoisotopic (exact) mass is 190 g/mol. The van der Waals surface area contributed by atoms with Crippen molar-refractivity contribution in [1.29, 1.82) is 0 Å². The molecular formula is C10H14N4. The van der Waals surface area contributed by atoms with E-state index < -0.39 is 0 Å². The molecule has 0 bridgehead atoms. The third-order valence-electron chi connectivity index (χ3n) is 1.98. The molecule has 0 aliphatic heterocycles. The highest BCUT2D eigenvalue weighted by Crippen LogP contribution is 2.06. The molecule has 4 heteroatoms. The van der Waals surface area contributed by atoms with E-state index in [4.69, 9.17) is 0 Å². The summed E-state index contributed by atoms with van der Waals surface area (Å²) in [4.78, 5) is 11.7. The fourth-order valence-corrected chi connectivity index (χ4v) is 1.28. The van der Waals surface area contributed by atoms with Crippen LogP contribution in [0.3, 0.4) is 0 Å². The molecule has 2 aromatic heterocycles. The Morgan fingerprint density at radius 1 is 1.50 bits per heavy atom. The predicted molar refractivity (Wildman–Crippen MR) is 55.9 cm³/mol. The van der Waals surface area contributed by atoms with E-state index in [1.54, 1.807) is 6.20 Å². The van der Waals surface area contributed by atoms with Gasteiger partial charge in [0, 0.05) is 12.2 Å². The maximum atomic E-state index is 4.36. The summed E-state index contributed by atoms with van der Waals surface area (Å²) in [5.74, 6) is 0.937. The van der Waals surface area contributed by atoms with E-state index in [1.165, 1.54) is 0 Å². The van der Waals surface area contributed by atoms with E-state index in [1.807, 2.05) is 12.1 Å². The van der Waals surface area contributed by atoms with Crippen molar-refractivity contribution in [2.45, 2.75) is 26.4 Å². The smallest absolute Gasteiger partial charge is 0.177 e. The summed E-state index contributed by atoms with van der Waals surface area (Å²) < 4.78 is 0. The molecule has 0 atom stereocenters. The van der Waals surface area contributed by atoms with Gasteiger partial charge in [0.25, 0.3) is 0 Å². The molecule has 4 nitrogen and oxygen atoms in total. The Balaban J connectivity index is 2.19. The lowest BCUT2D eigenvalue weighted by molar-refractivity contribution is 0.576. The molecule has 0 spiro atoms. The second-order valence-electron chi connectivity index (χ2n) is 3.59. The molecule has 74 valence electrons. The number of imidazole rings is 1. The van der Waals surface area contributed by atoms with Crippen molar-refractivity contribution < 1.29 is 0 Å². The normalized spacial score (nSPS) is 11.4. The van der Waals surface area contributed by atoms with Gasteiger partial charge in [-0.3, -0.25) is 0 Å². The predicted octanol–water partition coefficient (Wildman–Crippen LogP) is 1.46. The number of pyridine rings is 1. The largest absolute Gasteiger partial charge is 0.340 e. The number of fused-ring (bicyclic) bond motifs is 1. The van der Waals surface area contributed by atoms with Gasteiger partial charge >= 0.3 is 0 Å². The van der Waals surface area contributed by atoms with Crippen molar-refractivity contribution in [3.05, 3.63) is 24.2 Å². The van der Waals surface area contributed by atoms with Crippen LogP contribution in [0.25, 0.3) is 11.2 Å². The molecular weight excluding hydrogens is 176 g/mol. The standard InChI is InChI=1S/C10H14N4/c1-7(2)12-6-9-13-8-4-3-5-11-10(8)14-9/h3-5,7,12H,6H2,1-2H3,(H,11,13,14). The lowest BCUT2D eigenvalue weighted by Gasteiger charge is -2.04. The fourth-order valence-electron chi connectivity index (χ4n) is 1.28. The number of aromatic nitrogens is 3. The van der Waals surface area contributed by atoms with Crippen LogP contribution < -0.4 is 5.32 Å². The van der Waals surface area contributed by atoms with Gasteiger partial charge in [-0.1, -0.05) is 13.8 Å². The van der Waals surface area contributed by atoms with Crippen LogP contribution in [-0.4, -0.2) is 21.0 Å². The van der Waals surface area contributed by atoms with Gasteiger partial charge in [-0.05, 0) is 12.1 Å². The number of hydrogen-bond acceptors (Lipinski definition) is 3. The zero-order valence-corrected chi connectivity index (χ0v) is 8.41. The van der Waals surface area contributed by atoms with Crippen molar-refractivity contribution in [2.24, 2.45) is 0 Å². The molecule has 0 saturated heterocycles. The first-order valence-electron chi connectivity index (χ1n) is 4.78. The van der Waals surface area contributed by atoms with E-state index in [2.05, 4.69) is 34.1 Å². The molecule has 0 radical (unpaired) electrons. The number of rotatable bonds is 3. The summed E-state index contributed by atoms with van der Waals surface area (Å²) in [6.45, 7) is 4.98. The average molecular weight is 190 g/mol. The van der Waals surface area contributed by atoms with Crippen LogP contribution in [0.2, 0.25) is 0 Å². The minimum Gasteiger partial charge on any atom is -0.340 e. The Hall–Kier alpha value is -1.42. The van der Waals surface area contributed by atoms with E-state index in [0.29, 0.717) is 6.04 Å². The van der Waals surface area contributed by atoms with Gasteiger partial charge in [0.2, 0.25) is 0 Å². The van der Waals surface area contributed by atoms with E-state index >= 15 is 0 Å². The van der Waals surface area contributed by atoms with Crippen molar-refractivity contribution in [2.75, 3.05) is 0 Å². The summed E-state index contributed by atoms with van der Waals surface area (Å²) in [6, 6.07) is 4.35. The summed E-state index contributed by atoms with van der Waals surface area (Å²) in [5, 5.41) is 3.30. The number of nitrogens with one attached hydrogen (secondary N) is 2. The molecule has 2 aromatic rings. The molecule has 0 aromatic carbocycles. The van der Waals surface area contributed by atoms with E-state index in [-0.39, 0.29) is 0 Å². The Bertz CT molecular complexity index is 386. The first kappa shape index (κ1) is 9.15. The molecule has 2 heterocycles. The third-order valence-corrected chi connectivity index (χ3v) is 1.98. The Kier molecular flexibility index (Phi) is 2.45. The van der Waals surface area contributed by atoms with Crippen LogP contribution in [-0.2, 0) is 6.54 Å². The summed E-state index contributed by atoms with van der Waals surface area (Å²) in [7, 11) is 0. The highest BCUT2D eigenvalue weighted by Gasteiger charge is 2.02. The number of nitrogens with zero attached hydrogens (tertiary/aromatic N) is 2. The molecule has 0 aliphatic carbocycles. The van der Waals surface area contributed by atoms with Crippen LogP contribution in [0.1, 0.15) is 19.7 Å². The maximum Gasteiger partial charge on any atom is 0.177 e. The molecule has 0 amide bonds. The third kappa shape index (κ3) is 1.90. The zero-order valence-electron chi connectivity index (χ0n) is 8.41. The summed E-state index contributed by atoms with van der Waals surface area (Å²) in [5.41, 5.74) is 1.78. The van der Waals surface area contributed by atoms with Gasteiger partial charge in [-0.25, -0.2) is 9.97 Å². The molecule has 0 saturated carbocycles. The van der Waals surface area contributed by atoms with Gasteiger partial charge < -0.3 is 10.3 Å².